The Bertz CT molecular complexity index is 289. The molecule has 0 saturated carbocycles. The molecule has 0 bridgehead atoms. The normalized spacial score (nSPS) is 10.2. The highest BCUT2D eigenvalue weighted by molar-refractivity contribution is 5.95. The van der Waals surface area contributed by atoms with E-state index < -0.39 is 0 Å². The first-order chi connectivity index (χ1) is 5.69. The lowest BCUT2D eigenvalue weighted by molar-refractivity contribution is 0.0988. The van der Waals surface area contributed by atoms with Crippen LogP contribution in [-0.4, -0.2) is 10.4 Å². The van der Waals surface area contributed by atoms with Crippen LogP contribution in [0.5, 0.6) is 0 Å². The van der Waals surface area contributed by atoms with E-state index in [1.165, 1.54) is 0 Å². The fourth-order valence-corrected chi connectivity index (χ4v) is 1.17. The maximum atomic E-state index is 11.2. The number of aryl methyl sites for hydroxylation is 1. The van der Waals surface area contributed by atoms with Crippen molar-refractivity contribution in [2.45, 2.75) is 19.9 Å². The van der Waals surface area contributed by atoms with Gasteiger partial charge in [-0.05, 0) is 6.07 Å². The molecule has 1 aromatic rings. The number of rotatable bonds is 3. The largest absolute Gasteiger partial charge is 0.353 e. The van der Waals surface area contributed by atoms with Gasteiger partial charge in [-0.3, -0.25) is 4.79 Å². The molecule has 0 spiro atoms. The third-order valence-electron chi connectivity index (χ3n) is 1.96. The molecule has 1 aromatic heterocycles. The standard InChI is InChI=1S/C9H14N2O/c1-3-9(12)7-4-8(5-10)11(2)6-7/h4,6H,3,5,10H2,1-2H3. The van der Waals surface area contributed by atoms with Gasteiger partial charge in [-0.1, -0.05) is 6.92 Å². The van der Waals surface area contributed by atoms with Gasteiger partial charge in [-0.15, -0.1) is 0 Å². The Kier molecular flexibility index (Phi) is 2.65. The Hall–Kier alpha value is -1.09. The molecule has 12 heavy (non-hydrogen) atoms. The summed E-state index contributed by atoms with van der Waals surface area (Å²) in [5, 5.41) is 0. The topological polar surface area (TPSA) is 48.0 Å². The second-order valence-corrected chi connectivity index (χ2v) is 2.81. The van der Waals surface area contributed by atoms with E-state index in [0.717, 1.165) is 11.3 Å². The molecule has 3 nitrogen and oxygen atoms in total. The summed E-state index contributed by atoms with van der Waals surface area (Å²) in [7, 11) is 1.90. The van der Waals surface area contributed by atoms with Crippen LogP contribution in [0, 0.1) is 0 Å². The second-order valence-electron chi connectivity index (χ2n) is 2.81. The lowest BCUT2D eigenvalue weighted by Crippen LogP contribution is -2.01. The third-order valence-corrected chi connectivity index (χ3v) is 1.96. The summed E-state index contributed by atoms with van der Waals surface area (Å²) in [5.74, 6) is 0.172. The van der Waals surface area contributed by atoms with Gasteiger partial charge in [0.05, 0.1) is 0 Å². The highest BCUT2D eigenvalue weighted by Crippen LogP contribution is 2.08. The number of hydrogen-bond acceptors (Lipinski definition) is 2. The summed E-state index contributed by atoms with van der Waals surface area (Å²) in [6.45, 7) is 2.34. The van der Waals surface area contributed by atoms with Gasteiger partial charge in [0.1, 0.15) is 0 Å². The van der Waals surface area contributed by atoms with Gasteiger partial charge in [-0.2, -0.15) is 0 Å². The summed E-state index contributed by atoms with van der Waals surface area (Å²) < 4.78 is 1.89. The van der Waals surface area contributed by atoms with Gasteiger partial charge < -0.3 is 10.3 Å². The van der Waals surface area contributed by atoms with E-state index in [4.69, 9.17) is 5.73 Å². The average Bonchev–Trinajstić information content (AvgIpc) is 2.45. The van der Waals surface area contributed by atoms with Crippen LogP contribution in [0.4, 0.5) is 0 Å². The predicted molar refractivity (Wildman–Crippen MR) is 47.9 cm³/mol. The maximum Gasteiger partial charge on any atom is 0.164 e. The molecule has 3 heteroatoms. The van der Waals surface area contributed by atoms with Crippen LogP contribution in [0.15, 0.2) is 12.3 Å². The minimum absolute atomic E-state index is 0.172. The van der Waals surface area contributed by atoms with Gasteiger partial charge in [0.15, 0.2) is 5.78 Å². The van der Waals surface area contributed by atoms with E-state index in [1.807, 2.05) is 30.8 Å². The van der Waals surface area contributed by atoms with Crippen molar-refractivity contribution in [2.75, 3.05) is 0 Å². The smallest absolute Gasteiger partial charge is 0.164 e. The van der Waals surface area contributed by atoms with Gasteiger partial charge >= 0.3 is 0 Å². The summed E-state index contributed by atoms with van der Waals surface area (Å²) >= 11 is 0. The highest BCUT2D eigenvalue weighted by atomic mass is 16.1. The molecular formula is C9H14N2O. The van der Waals surface area contributed by atoms with Crippen molar-refractivity contribution in [1.29, 1.82) is 0 Å². The Labute approximate surface area is 72.2 Å². The van der Waals surface area contributed by atoms with Crippen LogP contribution in [0.1, 0.15) is 29.4 Å². The average molecular weight is 166 g/mol. The first kappa shape index (κ1) is 9.00. The van der Waals surface area contributed by atoms with Crippen molar-refractivity contribution in [3.05, 3.63) is 23.5 Å². The first-order valence-electron chi connectivity index (χ1n) is 4.07. The molecule has 0 fully saturated rings. The number of carbonyl (C=O) groups excluding carboxylic acids is 1. The lowest BCUT2D eigenvalue weighted by Gasteiger charge is -1.95. The molecule has 2 N–H and O–H groups in total. The van der Waals surface area contributed by atoms with Gasteiger partial charge in [0.2, 0.25) is 0 Å². The fourth-order valence-electron chi connectivity index (χ4n) is 1.17. The van der Waals surface area contributed by atoms with Crippen LogP contribution in [0.25, 0.3) is 0 Å². The minimum Gasteiger partial charge on any atom is -0.353 e. The Morgan fingerprint density at radius 2 is 2.33 bits per heavy atom. The number of Topliss-reactive ketones (excluding diaryl/α,β-unsaturated/α-hetero) is 1. The number of nitrogens with zero attached hydrogens (tertiary/aromatic N) is 1. The number of hydrogen-bond donors (Lipinski definition) is 1. The van der Waals surface area contributed by atoms with Crippen molar-refractivity contribution in [2.24, 2.45) is 12.8 Å². The fraction of sp³-hybridized carbons (Fsp3) is 0.444. The number of aromatic nitrogens is 1. The van der Waals surface area contributed by atoms with Crippen molar-refractivity contribution >= 4 is 5.78 Å². The summed E-state index contributed by atoms with van der Waals surface area (Å²) in [5.41, 5.74) is 7.23. The van der Waals surface area contributed by atoms with Crippen LogP contribution >= 0.6 is 0 Å². The molecule has 0 radical (unpaired) electrons. The number of nitrogens with two attached hydrogens (primary N) is 1. The first-order valence-corrected chi connectivity index (χ1v) is 4.07. The molecule has 0 unspecified atom stereocenters. The second kappa shape index (κ2) is 3.54. The van der Waals surface area contributed by atoms with Crippen molar-refractivity contribution in [1.82, 2.24) is 4.57 Å². The molecule has 0 aliphatic heterocycles. The Morgan fingerprint density at radius 3 is 2.75 bits per heavy atom. The molecule has 66 valence electrons. The molecule has 0 amide bonds. The van der Waals surface area contributed by atoms with Gasteiger partial charge in [0.25, 0.3) is 0 Å². The van der Waals surface area contributed by atoms with Crippen molar-refractivity contribution < 1.29 is 4.79 Å². The molecular weight excluding hydrogens is 152 g/mol. The predicted octanol–water partition coefficient (Wildman–Crippen LogP) is 1.08. The van der Waals surface area contributed by atoms with Crippen LogP contribution in [-0.2, 0) is 13.6 Å². The van der Waals surface area contributed by atoms with E-state index in [-0.39, 0.29) is 5.78 Å². The summed E-state index contributed by atoms with van der Waals surface area (Å²) in [4.78, 5) is 11.2. The number of ketones is 1. The Balaban J connectivity index is 2.96. The van der Waals surface area contributed by atoms with E-state index in [0.29, 0.717) is 13.0 Å². The van der Waals surface area contributed by atoms with E-state index in [9.17, 15) is 4.79 Å². The quantitative estimate of drug-likeness (QED) is 0.683. The van der Waals surface area contributed by atoms with Gasteiger partial charge in [0, 0.05) is 37.5 Å². The number of carbonyl (C=O) groups is 1. The highest BCUT2D eigenvalue weighted by Gasteiger charge is 2.06. The maximum absolute atomic E-state index is 11.2. The molecule has 0 aliphatic rings. The molecule has 0 aromatic carbocycles. The molecule has 1 rings (SSSR count). The van der Waals surface area contributed by atoms with Crippen LogP contribution < -0.4 is 5.73 Å². The zero-order valence-electron chi connectivity index (χ0n) is 7.50. The van der Waals surface area contributed by atoms with Crippen LogP contribution in [0.3, 0.4) is 0 Å². The minimum atomic E-state index is 0.172. The Morgan fingerprint density at radius 1 is 1.67 bits per heavy atom. The molecule has 0 aliphatic carbocycles. The van der Waals surface area contributed by atoms with Gasteiger partial charge in [-0.25, -0.2) is 0 Å². The zero-order valence-corrected chi connectivity index (χ0v) is 7.50. The van der Waals surface area contributed by atoms with Crippen molar-refractivity contribution in [3.8, 4) is 0 Å². The SMILES string of the molecule is CCC(=O)c1cc(CN)n(C)c1. The lowest BCUT2D eigenvalue weighted by atomic mass is 10.2. The zero-order chi connectivity index (χ0) is 9.14. The molecule has 0 saturated heterocycles. The van der Waals surface area contributed by atoms with Crippen molar-refractivity contribution in [3.63, 3.8) is 0 Å². The van der Waals surface area contributed by atoms with Crippen LogP contribution in [0.2, 0.25) is 0 Å². The third kappa shape index (κ3) is 1.56. The van der Waals surface area contributed by atoms with E-state index in [2.05, 4.69) is 0 Å². The molecule has 0 atom stereocenters. The van der Waals surface area contributed by atoms with E-state index in [1.54, 1.807) is 0 Å². The molecule has 1 heterocycles. The summed E-state index contributed by atoms with van der Waals surface area (Å²) in [6.07, 6.45) is 2.38. The monoisotopic (exact) mass is 166 g/mol. The summed E-state index contributed by atoms with van der Waals surface area (Å²) in [6, 6.07) is 1.85. The van der Waals surface area contributed by atoms with E-state index >= 15 is 0 Å².